The van der Waals surface area contributed by atoms with Crippen molar-refractivity contribution in [3.05, 3.63) is 30.1 Å². The van der Waals surface area contributed by atoms with Crippen molar-refractivity contribution in [1.82, 2.24) is 4.90 Å². The predicted octanol–water partition coefficient (Wildman–Crippen LogP) is 2.39. The lowest BCUT2D eigenvalue weighted by Crippen LogP contribution is -2.44. The van der Waals surface area contributed by atoms with Gasteiger partial charge in [0.05, 0.1) is 6.54 Å². The number of rotatable bonds is 5. The number of nitrogens with zero attached hydrogens (tertiary/aromatic N) is 1. The highest BCUT2D eigenvalue weighted by atomic mass is 35.5. The standard InChI is InChI=1S/C15H22FN3O.ClH/c16-12-4-3-5-13(10-12)18-15(20)11-19-9-2-1-6-14(19)7-8-17;/h3-5,10,14H,1-2,6-9,11,17H2,(H,18,20);1H. The fourth-order valence-corrected chi connectivity index (χ4v) is 2.74. The van der Waals surface area contributed by atoms with Crippen molar-refractivity contribution in [2.45, 2.75) is 31.7 Å². The van der Waals surface area contributed by atoms with Gasteiger partial charge in [0.15, 0.2) is 0 Å². The maximum absolute atomic E-state index is 13.1. The number of likely N-dealkylation sites (tertiary alicyclic amines) is 1. The number of piperidine rings is 1. The lowest BCUT2D eigenvalue weighted by molar-refractivity contribution is -0.118. The Labute approximate surface area is 131 Å². The van der Waals surface area contributed by atoms with E-state index in [0.717, 1.165) is 25.8 Å². The van der Waals surface area contributed by atoms with E-state index in [0.29, 0.717) is 24.8 Å². The molecule has 1 atom stereocenters. The highest BCUT2D eigenvalue weighted by Crippen LogP contribution is 2.19. The van der Waals surface area contributed by atoms with Crippen LogP contribution in [0.2, 0.25) is 0 Å². The van der Waals surface area contributed by atoms with E-state index in [9.17, 15) is 9.18 Å². The zero-order valence-corrected chi connectivity index (χ0v) is 12.9. The Bertz CT molecular complexity index is 456. The normalized spacial score (nSPS) is 18.9. The summed E-state index contributed by atoms with van der Waals surface area (Å²) in [5.74, 6) is -0.443. The molecule has 1 heterocycles. The molecule has 4 nitrogen and oxygen atoms in total. The summed E-state index contributed by atoms with van der Waals surface area (Å²) >= 11 is 0. The van der Waals surface area contributed by atoms with Crippen molar-refractivity contribution in [3.63, 3.8) is 0 Å². The SMILES string of the molecule is Cl.NCCC1CCCCN1CC(=O)Nc1cccc(F)c1. The molecule has 0 spiro atoms. The molecule has 0 radical (unpaired) electrons. The monoisotopic (exact) mass is 315 g/mol. The zero-order chi connectivity index (χ0) is 14.4. The first-order valence-electron chi connectivity index (χ1n) is 7.18. The molecule has 6 heteroatoms. The maximum atomic E-state index is 13.1. The van der Waals surface area contributed by atoms with Gasteiger partial charge in [-0.3, -0.25) is 9.69 Å². The van der Waals surface area contributed by atoms with Gasteiger partial charge in [-0.2, -0.15) is 0 Å². The van der Waals surface area contributed by atoms with Gasteiger partial charge in [-0.1, -0.05) is 12.5 Å². The van der Waals surface area contributed by atoms with E-state index in [1.54, 1.807) is 12.1 Å². The molecule has 1 saturated heterocycles. The summed E-state index contributed by atoms with van der Waals surface area (Å²) in [7, 11) is 0. The van der Waals surface area contributed by atoms with Gasteiger partial charge in [-0.25, -0.2) is 4.39 Å². The molecule has 1 unspecified atom stereocenters. The molecule has 0 saturated carbocycles. The van der Waals surface area contributed by atoms with Gasteiger partial charge in [0.1, 0.15) is 5.82 Å². The van der Waals surface area contributed by atoms with Crippen LogP contribution in [0.4, 0.5) is 10.1 Å². The van der Waals surface area contributed by atoms with Gasteiger partial charge >= 0.3 is 0 Å². The van der Waals surface area contributed by atoms with E-state index in [1.165, 1.54) is 18.6 Å². The number of benzene rings is 1. The van der Waals surface area contributed by atoms with Gasteiger partial charge < -0.3 is 11.1 Å². The zero-order valence-electron chi connectivity index (χ0n) is 12.1. The van der Waals surface area contributed by atoms with Crippen LogP contribution in [-0.2, 0) is 4.79 Å². The van der Waals surface area contributed by atoms with Crippen LogP contribution in [0.1, 0.15) is 25.7 Å². The molecule has 0 aromatic heterocycles. The van der Waals surface area contributed by atoms with Crippen molar-refractivity contribution >= 4 is 24.0 Å². The molecule has 1 amide bonds. The molecular formula is C15H23ClFN3O. The minimum absolute atomic E-state index is 0. The average Bonchev–Trinajstić information content (AvgIpc) is 2.41. The quantitative estimate of drug-likeness (QED) is 0.877. The fraction of sp³-hybridized carbons (Fsp3) is 0.533. The Morgan fingerprint density at radius 2 is 2.24 bits per heavy atom. The van der Waals surface area contributed by atoms with E-state index in [4.69, 9.17) is 5.73 Å². The second-order valence-corrected chi connectivity index (χ2v) is 5.26. The van der Waals surface area contributed by atoms with Crippen LogP contribution >= 0.6 is 12.4 Å². The summed E-state index contributed by atoms with van der Waals surface area (Å²) in [5.41, 5.74) is 6.13. The van der Waals surface area contributed by atoms with Crippen molar-refractivity contribution in [3.8, 4) is 0 Å². The molecule has 1 aromatic carbocycles. The summed E-state index contributed by atoms with van der Waals surface area (Å²) < 4.78 is 13.1. The minimum Gasteiger partial charge on any atom is -0.330 e. The summed E-state index contributed by atoms with van der Waals surface area (Å²) in [6, 6.07) is 6.35. The summed E-state index contributed by atoms with van der Waals surface area (Å²) in [5, 5.41) is 2.74. The second-order valence-electron chi connectivity index (χ2n) is 5.26. The second kappa shape index (κ2) is 8.97. The van der Waals surface area contributed by atoms with Crippen molar-refractivity contribution in [2.24, 2.45) is 5.73 Å². The highest BCUT2D eigenvalue weighted by Gasteiger charge is 2.23. The molecule has 3 N–H and O–H groups in total. The molecule has 1 aliphatic rings. The van der Waals surface area contributed by atoms with E-state index in [1.807, 2.05) is 0 Å². The Balaban J connectivity index is 0.00000220. The molecular weight excluding hydrogens is 293 g/mol. The van der Waals surface area contributed by atoms with Crippen LogP contribution < -0.4 is 11.1 Å². The first-order chi connectivity index (χ1) is 9.69. The number of anilines is 1. The largest absolute Gasteiger partial charge is 0.330 e. The third kappa shape index (κ3) is 5.61. The molecule has 1 aromatic rings. The van der Waals surface area contributed by atoms with Crippen LogP contribution in [0.15, 0.2) is 24.3 Å². The van der Waals surface area contributed by atoms with E-state index < -0.39 is 0 Å². The van der Waals surface area contributed by atoms with Gasteiger partial charge in [0.2, 0.25) is 5.91 Å². The Morgan fingerprint density at radius 3 is 2.95 bits per heavy atom. The third-order valence-electron chi connectivity index (χ3n) is 3.70. The fourth-order valence-electron chi connectivity index (χ4n) is 2.74. The molecule has 0 bridgehead atoms. The molecule has 1 aliphatic heterocycles. The molecule has 118 valence electrons. The van der Waals surface area contributed by atoms with E-state index in [2.05, 4.69) is 10.2 Å². The van der Waals surface area contributed by atoms with Crippen LogP contribution in [-0.4, -0.2) is 36.5 Å². The van der Waals surface area contributed by atoms with Crippen LogP contribution in [0, 0.1) is 5.82 Å². The number of hydrogen-bond acceptors (Lipinski definition) is 3. The van der Waals surface area contributed by atoms with Gasteiger partial charge in [-0.15, -0.1) is 12.4 Å². The highest BCUT2D eigenvalue weighted by molar-refractivity contribution is 5.92. The van der Waals surface area contributed by atoms with Crippen LogP contribution in [0.3, 0.4) is 0 Å². The first-order valence-corrected chi connectivity index (χ1v) is 7.18. The molecule has 0 aliphatic carbocycles. The Kier molecular flexibility index (Phi) is 7.64. The number of amides is 1. The van der Waals surface area contributed by atoms with E-state index >= 15 is 0 Å². The van der Waals surface area contributed by atoms with Gasteiger partial charge in [-0.05, 0) is 50.6 Å². The van der Waals surface area contributed by atoms with Crippen LogP contribution in [0.5, 0.6) is 0 Å². The van der Waals surface area contributed by atoms with Crippen molar-refractivity contribution < 1.29 is 9.18 Å². The lowest BCUT2D eigenvalue weighted by atomic mass is 9.99. The number of carbonyl (C=O) groups is 1. The number of halogens is 2. The van der Waals surface area contributed by atoms with Crippen LogP contribution in [0.25, 0.3) is 0 Å². The molecule has 1 fully saturated rings. The smallest absolute Gasteiger partial charge is 0.238 e. The van der Waals surface area contributed by atoms with Gasteiger partial charge in [0, 0.05) is 11.7 Å². The predicted molar refractivity (Wildman–Crippen MR) is 85.2 cm³/mol. The number of carbonyl (C=O) groups excluding carboxylic acids is 1. The number of nitrogens with one attached hydrogen (secondary N) is 1. The molecule has 21 heavy (non-hydrogen) atoms. The topological polar surface area (TPSA) is 58.4 Å². The van der Waals surface area contributed by atoms with Crippen molar-refractivity contribution in [1.29, 1.82) is 0 Å². The van der Waals surface area contributed by atoms with Crippen molar-refractivity contribution in [2.75, 3.05) is 25.0 Å². The lowest BCUT2D eigenvalue weighted by Gasteiger charge is -2.35. The Morgan fingerprint density at radius 1 is 1.43 bits per heavy atom. The summed E-state index contributed by atoms with van der Waals surface area (Å²) in [4.78, 5) is 14.2. The minimum atomic E-state index is -0.346. The Hall–Kier alpha value is -1.17. The average molecular weight is 316 g/mol. The maximum Gasteiger partial charge on any atom is 0.238 e. The summed E-state index contributed by atoms with van der Waals surface area (Å²) in [6.45, 7) is 1.93. The van der Waals surface area contributed by atoms with E-state index in [-0.39, 0.29) is 24.1 Å². The third-order valence-corrected chi connectivity index (χ3v) is 3.70. The van der Waals surface area contributed by atoms with Gasteiger partial charge in [0.25, 0.3) is 0 Å². The number of hydrogen-bond donors (Lipinski definition) is 2. The number of nitrogens with two attached hydrogens (primary N) is 1. The first kappa shape index (κ1) is 17.9. The summed E-state index contributed by atoms with van der Waals surface area (Å²) in [6.07, 6.45) is 4.35. The molecule has 2 rings (SSSR count).